The van der Waals surface area contributed by atoms with Crippen molar-refractivity contribution in [2.24, 2.45) is 5.92 Å². The number of piperidine rings is 1. The van der Waals surface area contributed by atoms with Gasteiger partial charge in [0.15, 0.2) is 11.7 Å². The monoisotopic (exact) mass is 528 g/mol. The lowest BCUT2D eigenvalue weighted by molar-refractivity contribution is -0.139. The summed E-state index contributed by atoms with van der Waals surface area (Å²) in [5.74, 6) is -1.48. The quantitative estimate of drug-likeness (QED) is 0.360. The lowest BCUT2D eigenvalue weighted by Gasteiger charge is -2.28. The largest absolute Gasteiger partial charge is 0.491 e. The number of carbonyl (C=O) groups excluding carboxylic acids is 2. The second-order valence-corrected chi connectivity index (χ2v) is 9.06. The summed E-state index contributed by atoms with van der Waals surface area (Å²) < 4.78 is 11.4. The molecule has 0 N–H and O–H groups in total. The first-order valence-electron chi connectivity index (χ1n) is 10.3. The molecular weight excluding hydrogens is 510 g/mol. The van der Waals surface area contributed by atoms with E-state index in [4.69, 9.17) is 55.9 Å². The first kappa shape index (κ1) is 25.5. The molecule has 3 rings (SSSR count). The Hall–Kier alpha value is -2.17. The molecule has 2 aromatic carbocycles. The number of likely N-dealkylation sites (tertiary alicyclic amines) is 1. The molecule has 1 heterocycles. The Morgan fingerprint density at radius 3 is 2.27 bits per heavy atom. The van der Waals surface area contributed by atoms with E-state index in [0.717, 1.165) is 19.3 Å². The van der Waals surface area contributed by atoms with Crippen LogP contribution in [0.15, 0.2) is 30.3 Å². The average molecular weight is 530 g/mol. The van der Waals surface area contributed by atoms with E-state index in [0.29, 0.717) is 28.9 Å². The van der Waals surface area contributed by atoms with E-state index < -0.39 is 17.6 Å². The Balaban J connectivity index is 1.63. The van der Waals surface area contributed by atoms with Gasteiger partial charge in [-0.25, -0.2) is 0 Å². The van der Waals surface area contributed by atoms with Gasteiger partial charge >= 0.3 is 0 Å². The van der Waals surface area contributed by atoms with Gasteiger partial charge in [-0.1, -0.05) is 46.4 Å². The molecule has 0 aliphatic carbocycles. The Kier molecular flexibility index (Phi) is 9.10. The van der Waals surface area contributed by atoms with Crippen LogP contribution in [0.4, 0.5) is 0 Å². The Bertz CT molecular complexity index is 1080. The molecule has 1 aliphatic rings. The van der Waals surface area contributed by atoms with Crippen molar-refractivity contribution < 1.29 is 19.1 Å². The Labute approximate surface area is 211 Å². The van der Waals surface area contributed by atoms with Crippen molar-refractivity contribution in [2.45, 2.75) is 25.7 Å². The molecule has 0 bridgehead atoms. The average Bonchev–Trinajstić information content (AvgIpc) is 2.79. The molecule has 33 heavy (non-hydrogen) atoms. The second-order valence-electron chi connectivity index (χ2n) is 7.40. The van der Waals surface area contributed by atoms with Crippen LogP contribution in [-0.4, -0.2) is 36.3 Å². The Morgan fingerprint density at radius 1 is 0.939 bits per heavy atom. The van der Waals surface area contributed by atoms with Crippen molar-refractivity contribution in [3.63, 3.8) is 0 Å². The number of Topliss-reactive ketones (excluding diaryl/α,β-unsaturated/α-hetero) is 1. The van der Waals surface area contributed by atoms with E-state index in [2.05, 4.69) is 0 Å². The predicted molar refractivity (Wildman–Crippen MR) is 128 cm³/mol. The molecule has 174 valence electrons. The summed E-state index contributed by atoms with van der Waals surface area (Å²) in [5.41, 5.74) is 0. The minimum absolute atomic E-state index is 0.0766. The van der Waals surface area contributed by atoms with Gasteiger partial charge in [0.05, 0.1) is 27.7 Å². The number of ether oxygens (including phenoxy) is 2. The summed E-state index contributed by atoms with van der Waals surface area (Å²) in [4.78, 5) is 26.6. The number of amides is 1. The molecule has 1 atom stereocenters. The molecule has 0 aromatic heterocycles. The molecule has 1 fully saturated rings. The van der Waals surface area contributed by atoms with Gasteiger partial charge in [-0.05, 0) is 43.5 Å². The number of hydrogen-bond donors (Lipinski definition) is 0. The van der Waals surface area contributed by atoms with Crippen LogP contribution >= 0.6 is 46.4 Å². The molecule has 0 saturated carbocycles. The van der Waals surface area contributed by atoms with Crippen LogP contribution in [-0.2, 0) is 9.59 Å². The molecule has 1 saturated heterocycles. The lowest BCUT2D eigenvalue weighted by Crippen LogP contribution is -2.42. The highest BCUT2D eigenvalue weighted by atomic mass is 35.5. The molecule has 1 aliphatic heterocycles. The van der Waals surface area contributed by atoms with Gasteiger partial charge in [-0.2, -0.15) is 5.26 Å². The van der Waals surface area contributed by atoms with E-state index in [1.54, 1.807) is 17.0 Å². The minimum Gasteiger partial charge on any atom is -0.491 e. The molecule has 1 amide bonds. The molecule has 10 heteroatoms. The van der Waals surface area contributed by atoms with E-state index in [1.807, 2.05) is 6.07 Å². The van der Waals surface area contributed by atoms with Gasteiger partial charge in [0.1, 0.15) is 17.2 Å². The number of ketones is 1. The smallest absolute Gasteiger partial charge is 0.247 e. The zero-order valence-electron chi connectivity index (χ0n) is 17.5. The summed E-state index contributed by atoms with van der Waals surface area (Å²) in [6, 6.07) is 9.49. The van der Waals surface area contributed by atoms with Gasteiger partial charge in [-0.3, -0.25) is 9.59 Å². The molecule has 0 spiro atoms. The number of nitrogens with zero attached hydrogens (tertiary/aromatic N) is 2. The number of rotatable bonds is 8. The third-order valence-electron chi connectivity index (χ3n) is 5.07. The maximum atomic E-state index is 12.5. The zero-order chi connectivity index (χ0) is 24.0. The third kappa shape index (κ3) is 6.68. The fourth-order valence-electron chi connectivity index (χ4n) is 3.34. The van der Waals surface area contributed by atoms with Crippen LogP contribution in [0.5, 0.6) is 17.2 Å². The summed E-state index contributed by atoms with van der Waals surface area (Å²) in [6.45, 7) is 1.07. The van der Waals surface area contributed by atoms with Crippen molar-refractivity contribution >= 4 is 58.1 Å². The second kappa shape index (κ2) is 11.8. The molecule has 6 nitrogen and oxygen atoms in total. The van der Waals surface area contributed by atoms with Crippen molar-refractivity contribution in [1.29, 1.82) is 5.26 Å². The van der Waals surface area contributed by atoms with Crippen molar-refractivity contribution in [1.82, 2.24) is 4.90 Å². The SMILES string of the molecule is N#CC(C(=O)CCOc1cc(Oc2ccc(Cl)cc2Cl)c(Cl)cc1Cl)C(=O)N1CCCCC1. The normalized spacial score (nSPS) is 14.3. The van der Waals surface area contributed by atoms with Gasteiger partial charge in [-0.15, -0.1) is 0 Å². The topological polar surface area (TPSA) is 79.6 Å². The first-order valence-corrected chi connectivity index (χ1v) is 11.8. The standard InChI is InChI=1S/C23H20Cl4N2O4/c24-14-4-5-20(16(25)10-14)33-22-12-21(17(26)11-18(22)27)32-9-6-19(30)15(13-28)23(31)29-7-2-1-3-8-29/h4-5,10-12,15H,1-3,6-9H2. The fourth-order valence-corrected chi connectivity index (χ4v) is 4.27. The maximum absolute atomic E-state index is 12.5. The van der Waals surface area contributed by atoms with Crippen LogP contribution in [0.25, 0.3) is 0 Å². The highest BCUT2D eigenvalue weighted by Gasteiger charge is 2.31. The maximum Gasteiger partial charge on any atom is 0.247 e. The van der Waals surface area contributed by atoms with Gasteiger partial charge in [0.2, 0.25) is 5.91 Å². The fraction of sp³-hybridized carbons (Fsp3) is 0.348. The number of hydrogen-bond acceptors (Lipinski definition) is 5. The molecular formula is C23H20Cl4N2O4. The van der Waals surface area contributed by atoms with Crippen LogP contribution in [0.2, 0.25) is 20.1 Å². The number of carbonyl (C=O) groups is 2. The zero-order valence-corrected chi connectivity index (χ0v) is 20.5. The summed E-state index contributed by atoms with van der Waals surface area (Å²) in [7, 11) is 0. The van der Waals surface area contributed by atoms with Gasteiger partial charge in [0.25, 0.3) is 0 Å². The number of benzene rings is 2. The first-order chi connectivity index (χ1) is 15.8. The molecule has 2 aromatic rings. The highest BCUT2D eigenvalue weighted by molar-refractivity contribution is 6.37. The van der Waals surface area contributed by atoms with E-state index in [9.17, 15) is 14.9 Å². The molecule has 1 unspecified atom stereocenters. The van der Waals surface area contributed by atoms with E-state index in [-0.39, 0.29) is 34.6 Å². The summed E-state index contributed by atoms with van der Waals surface area (Å²) in [5, 5.41) is 10.6. The van der Waals surface area contributed by atoms with Crippen LogP contribution < -0.4 is 9.47 Å². The van der Waals surface area contributed by atoms with Crippen molar-refractivity contribution in [3.05, 3.63) is 50.4 Å². The summed E-state index contributed by atoms with van der Waals surface area (Å²) in [6.07, 6.45) is 2.67. The van der Waals surface area contributed by atoms with E-state index >= 15 is 0 Å². The summed E-state index contributed by atoms with van der Waals surface area (Å²) >= 11 is 24.5. The van der Waals surface area contributed by atoms with Crippen LogP contribution in [0, 0.1) is 17.2 Å². The number of nitriles is 1. The number of halogens is 4. The minimum atomic E-state index is -1.33. The highest BCUT2D eigenvalue weighted by Crippen LogP contribution is 2.40. The lowest BCUT2D eigenvalue weighted by atomic mass is 10.00. The van der Waals surface area contributed by atoms with Crippen molar-refractivity contribution in [2.75, 3.05) is 19.7 Å². The van der Waals surface area contributed by atoms with Crippen molar-refractivity contribution in [3.8, 4) is 23.3 Å². The predicted octanol–water partition coefficient (Wildman–Crippen LogP) is 6.58. The third-order valence-corrected chi connectivity index (χ3v) is 6.19. The van der Waals surface area contributed by atoms with Crippen LogP contribution in [0.3, 0.4) is 0 Å². The van der Waals surface area contributed by atoms with E-state index in [1.165, 1.54) is 18.2 Å². The Morgan fingerprint density at radius 2 is 1.61 bits per heavy atom. The molecule has 0 radical (unpaired) electrons. The van der Waals surface area contributed by atoms with Gasteiger partial charge in [0, 0.05) is 30.6 Å². The van der Waals surface area contributed by atoms with Crippen LogP contribution in [0.1, 0.15) is 25.7 Å². The van der Waals surface area contributed by atoms with Gasteiger partial charge < -0.3 is 14.4 Å².